The molecule has 1 aromatic rings. The van der Waals surface area contributed by atoms with Gasteiger partial charge >= 0.3 is 6.16 Å². The van der Waals surface area contributed by atoms with Gasteiger partial charge in [-0.15, -0.1) is 0 Å². The maximum absolute atomic E-state index is 11.8. The third-order valence-corrected chi connectivity index (χ3v) is 4.06. The minimum Gasteiger partial charge on any atom is -0.432 e. The number of rotatable bonds is 7. The van der Waals surface area contributed by atoms with E-state index in [2.05, 4.69) is 31.0 Å². The fourth-order valence-corrected chi connectivity index (χ4v) is 2.63. The highest BCUT2D eigenvalue weighted by molar-refractivity contribution is 9.10. The molecule has 0 aromatic heterocycles. The molecule has 0 fully saturated rings. The summed E-state index contributed by atoms with van der Waals surface area (Å²) >= 11 is 3.26. The van der Waals surface area contributed by atoms with Gasteiger partial charge in [0.15, 0.2) is 11.0 Å². The molecule has 0 spiro atoms. The van der Waals surface area contributed by atoms with Crippen LogP contribution in [0.25, 0.3) is 0 Å². The van der Waals surface area contributed by atoms with Gasteiger partial charge in [0, 0.05) is 17.1 Å². The fourth-order valence-electron chi connectivity index (χ4n) is 1.22. The highest BCUT2D eigenvalue weighted by Gasteiger charge is 2.11. The van der Waals surface area contributed by atoms with Crippen molar-refractivity contribution in [3.8, 4) is 0 Å². The van der Waals surface area contributed by atoms with Crippen molar-refractivity contribution in [2.75, 3.05) is 13.2 Å². The van der Waals surface area contributed by atoms with Crippen molar-refractivity contribution in [3.05, 3.63) is 28.7 Å². The van der Waals surface area contributed by atoms with Crippen LogP contribution in [0, 0.1) is 0 Å². The Morgan fingerprint density at radius 3 is 2.75 bits per heavy atom. The normalized spacial score (nSPS) is 12.2. The molecule has 6 nitrogen and oxygen atoms in total. The molecular weight excluding hydrogens is 348 g/mol. The lowest BCUT2D eigenvalue weighted by Crippen LogP contribution is -2.29. The topological polar surface area (TPSA) is 76.7 Å². The Morgan fingerprint density at radius 1 is 1.40 bits per heavy atom. The van der Waals surface area contributed by atoms with Crippen LogP contribution in [0.4, 0.5) is 4.79 Å². The van der Waals surface area contributed by atoms with Crippen LogP contribution in [0.2, 0.25) is 0 Å². The number of carbonyl (C=O) groups excluding carboxylic acids is 1. The molecule has 1 atom stereocenters. The first-order valence-corrected chi connectivity index (χ1v) is 7.94. The maximum atomic E-state index is 11.8. The van der Waals surface area contributed by atoms with Crippen LogP contribution < -0.4 is 10.2 Å². The van der Waals surface area contributed by atoms with E-state index >= 15 is 0 Å². The largest absolute Gasteiger partial charge is 0.528 e. The molecular formula is C12H17BrN2O4S. The first-order chi connectivity index (χ1) is 9.50. The zero-order valence-corrected chi connectivity index (χ0v) is 13.6. The maximum Gasteiger partial charge on any atom is 0.528 e. The third-order valence-electron chi connectivity index (χ3n) is 2.11. The van der Waals surface area contributed by atoms with Crippen molar-refractivity contribution in [2.45, 2.75) is 24.8 Å². The number of hydrogen-bond donors (Lipinski definition) is 2. The van der Waals surface area contributed by atoms with Gasteiger partial charge in [-0.1, -0.05) is 30.9 Å². The second-order valence-corrected chi connectivity index (χ2v) is 6.09. The van der Waals surface area contributed by atoms with Gasteiger partial charge in [0.2, 0.25) is 0 Å². The van der Waals surface area contributed by atoms with Gasteiger partial charge in [0.1, 0.15) is 6.61 Å². The predicted molar refractivity (Wildman–Crippen MR) is 79.3 cm³/mol. The molecule has 0 radical (unpaired) electrons. The van der Waals surface area contributed by atoms with Crippen molar-refractivity contribution in [3.63, 3.8) is 0 Å². The van der Waals surface area contributed by atoms with Crippen molar-refractivity contribution in [1.29, 1.82) is 0 Å². The molecule has 0 saturated carbocycles. The van der Waals surface area contributed by atoms with E-state index < -0.39 is 17.1 Å². The molecule has 0 aliphatic carbocycles. The van der Waals surface area contributed by atoms with E-state index in [9.17, 15) is 9.00 Å². The van der Waals surface area contributed by atoms with E-state index in [0.29, 0.717) is 22.0 Å². The summed E-state index contributed by atoms with van der Waals surface area (Å²) in [4.78, 5) is 18.4. The molecule has 0 bridgehead atoms. The van der Waals surface area contributed by atoms with E-state index in [0.717, 1.165) is 0 Å². The van der Waals surface area contributed by atoms with Gasteiger partial charge in [-0.25, -0.2) is 9.00 Å². The molecule has 8 heteroatoms. The van der Waals surface area contributed by atoms with E-state index in [1.165, 1.54) is 0 Å². The second kappa shape index (κ2) is 9.06. The molecule has 112 valence electrons. The number of halogens is 1. The Bertz CT molecular complexity index is 471. The quantitative estimate of drug-likeness (QED) is 0.440. The minimum atomic E-state index is -1.67. The van der Waals surface area contributed by atoms with E-state index in [1.807, 2.05) is 13.8 Å². The summed E-state index contributed by atoms with van der Waals surface area (Å²) in [7, 11) is -1.67. The molecule has 0 saturated heterocycles. The van der Waals surface area contributed by atoms with Crippen molar-refractivity contribution in [2.24, 2.45) is 0 Å². The average Bonchev–Trinajstić information content (AvgIpc) is 2.41. The molecule has 2 N–H and O–H groups in total. The lowest BCUT2D eigenvalue weighted by molar-refractivity contribution is 0.0411. The monoisotopic (exact) mass is 364 g/mol. The SMILES string of the molecule is CC(C)NCCOC(=O)ONS(=O)c1ccccc1Br. The van der Waals surface area contributed by atoms with Crippen molar-refractivity contribution < 1.29 is 18.6 Å². The Morgan fingerprint density at radius 2 is 2.10 bits per heavy atom. The van der Waals surface area contributed by atoms with Crippen LogP contribution in [0.15, 0.2) is 33.6 Å². The van der Waals surface area contributed by atoms with Crippen LogP contribution in [-0.2, 0) is 20.6 Å². The molecule has 1 unspecified atom stereocenters. The lowest BCUT2D eigenvalue weighted by Gasteiger charge is -2.09. The van der Waals surface area contributed by atoms with Gasteiger partial charge in [0.05, 0.1) is 4.90 Å². The van der Waals surface area contributed by atoms with E-state index in [4.69, 9.17) is 4.74 Å². The summed E-state index contributed by atoms with van der Waals surface area (Å²) in [6.45, 7) is 4.68. The number of hydrogen-bond acceptors (Lipinski definition) is 5. The fraction of sp³-hybridized carbons (Fsp3) is 0.417. The highest BCUT2D eigenvalue weighted by Crippen LogP contribution is 2.18. The Labute approximate surface area is 128 Å². The molecule has 1 rings (SSSR count). The summed E-state index contributed by atoms with van der Waals surface area (Å²) in [6, 6.07) is 7.23. The molecule has 0 amide bonds. The summed E-state index contributed by atoms with van der Waals surface area (Å²) in [6.07, 6.45) is -0.920. The zero-order chi connectivity index (χ0) is 15.0. The smallest absolute Gasteiger partial charge is 0.432 e. The van der Waals surface area contributed by atoms with Crippen molar-refractivity contribution in [1.82, 2.24) is 10.2 Å². The van der Waals surface area contributed by atoms with Crippen molar-refractivity contribution >= 4 is 33.1 Å². The minimum absolute atomic E-state index is 0.181. The first kappa shape index (κ1) is 17.1. The van der Waals surface area contributed by atoms with E-state index in [1.54, 1.807) is 24.3 Å². The standard InChI is InChI=1S/C12H17BrN2O4S/c1-9(2)14-7-8-18-12(16)19-15-20(17)11-6-4-3-5-10(11)13/h3-6,9,14-15H,7-8H2,1-2H3. The predicted octanol–water partition coefficient (Wildman–Crippen LogP) is 2.13. The van der Waals surface area contributed by atoms with Crippen LogP contribution >= 0.6 is 15.9 Å². The number of ether oxygens (including phenoxy) is 1. The molecule has 0 aliphatic heterocycles. The van der Waals surface area contributed by atoms with Gasteiger partial charge in [-0.3, -0.25) is 0 Å². The number of benzene rings is 1. The number of nitrogens with one attached hydrogen (secondary N) is 2. The molecule has 20 heavy (non-hydrogen) atoms. The van der Waals surface area contributed by atoms with Gasteiger partial charge < -0.3 is 14.9 Å². The van der Waals surface area contributed by atoms with Gasteiger partial charge in [-0.05, 0) is 28.1 Å². The zero-order valence-electron chi connectivity index (χ0n) is 11.2. The summed E-state index contributed by atoms with van der Waals surface area (Å²) < 4.78 is 17.2. The first-order valence-electron chi connectivity index (χ1n) is 5.99. The summed E-state index contributed by atoms with van der Waals surface area (Å²) in [5, 5.41) is 3.08. The Hall–Kier alpha value is -0.960. The van der Waals surface area contributed by atoms with E-state index in [-0.39, 0.29) is 6.61 Å². The Kier molecular flexibility index (Phi) is 7.75. The second-order valence-electron chi connectivity index (χ2n) is 4.09. The lowest BCUT2D eigenvalue weighted by atomic mass is 10.4. The molecule has 1 aromatic carbocycles. The molecule has 0 aliphatic rings. The summed E-state index contributed by atoms with van der Waals surface area (Å²) in [5.74, 6) is 0. The van der Waals surface area contributed by atoms with Gasteiger partial charge in [0.25, 0.3) is 0 Å². The Balaban J connectivity index is 2.27. The van der Waals surface area contributed by atoms with Crippen LogP contribution in [0.1, 0.15) is 13.8 Å². The average molecular weight is 365 g/mol. The summed E-state index contributed by atoms with van der Waals surface area (Å²) in [5.41, 5.74) is 0. The van der Waals surface area contributed by atoms with Gasteiger partial charge in [-0.2, -0.15) is 0 Å². The number of carbonyl (C=O) groups is 1. The highest BCUT2D eigenvalue weighted by atomic mass is 79.9. The molecule has 0 heterocycles. The third kappa shape index (κ3) is 6.47. The van der Waals surface area contributed by atoms with Crippen LogP contribution in [-0.4, -0.2) is 29.6 Å². The van der Waals surface area contributed by atoms with Crippen LogP contribution in [0.5, 0.6) is 0 Å². The van der Waals surface area contributed by atoms with Crippen LogP contribution in [0.3, 0.4) is 0 Å².